The molecule has 0 bridgehead atoms. The maximum absolute atomic E-state index is 10.4. The zero-order valence-corrected chi connectivity index (χ0v) is 6.29. The molecule has 0 atom stereocenters. The Morgan fingerprint density at radius 2 is 2.09 bits per heavy atom. The van der Waals surface area contributed by atoms with E-state index in [1.54, 1.807) is 0 Å². The Balaban J connectivity index is 3.60. The summed E-state index contributed by atoms with van der Waals surface area (Å²) in [6, 6.07) is 0. The Morgan fingerprint density at radius 1 is 1.45 bits per heavy atom. The van der Waals surface area contributed by atoms with Crippen LogP contribution in [0.15, 0.2) is 12.3 Å². The minimum Gasteiger partial charge on any atom is -0.466 e. The number of hydrogen-bond donors (Lipinski definition) is 1. The molecule has 0 spiro atoms. The number of alkyl carbamates (subject to hydrolysis) is 1. The lowest BCUT2D eigenvalue weighted by molar-refractivity contribution is -0.134. The largest absolute Gasteiger partial charge is 0.466 e. The SMILES string of the molecule is CNC(=O)OC=CC(=O)OC. The predicted octanol–water partition coefficient (Wildman–Crippen LogP) is 0.0291. The van der Waals surface area contributed by atoms with Crippen LogP contribution in [0.3, 0.4) is 0 Å². The molecule has 0 radical (unpaired) electrons. The lowest BCUT2D eigenvalue weighted by atomic mass is 10.6. The highest BCUT2D eigenvalue weighted by atomic mass is 16.5. The number of ether oxygens (including phenoxy) is 2. The molecule has 0 saturated carbocycles. The Hall–Kier alpha value is -1.52. The number of carbonyl (C=O) groups excluding carboxylic acids is 2. The van der Waals surface area contributed by atoms with Gasteiger partial charge in [0.05, 0.1) is 13.2 Å². The molecule has 0 aliphatic heterocycles. The second-order valence-corrected chi connectivity index (χ2v) is 1.48. The minimum absolute atomic E-state index is 0.575. The zero-order chi connectivity index (χ0) is 8.69. The van der Waals surface area contributed by atoms with E-state index in [1.165, 1.54) is 14.2 Å². The van der Waals surface area contributed by atoms with E-state index < -0.39 is 12.1 Å². The summed E-state index contributed by atoms with van der Waals surface area (Å²) < 4.78 is 8.56. The molecule has 1 amide bonds. The van der Waals surface area contributed by atoms with Gasteiger partial charge in [-0.25, -0.2) is 9.59 Å². The van der Waals surface area contributed by atoms with E-state index >= 15 is 0 Å². The van der Waals surface area contributed by atoms with Crippen LogP contribution in [-0.4, -0.2) is 26.2 Å². The summed E-state index contributed by atoms with van der Waals surface area (Å²) in [7, 11) is 2.64. The normalized spacial score (nSPS) is 9.27. The van der Waals surface area contributed by atoms with Crippen molar-refractivity contribution in [1.82, 2.24) is 5.32 Å². The van der Waals surface area contributed by atoms with Gasteiger partial charge in [0, 0.05) is 7.05 Å². The van der Waals surface area contributed by atoms with Crippen molar-refractivity contribution in [2.45, 2.75) is 0 Å². The van der Waals surface area contributed by atoms with Gasteiger partial charge in [0.1, 0.15) is 6.26 Å². The fraction of sp³-hybridized carbons (Fsp3) is 0.333. The molecule has 0 unspecified atom stereocenters. The average Bonchev–Trinajstić information content (AvgIpc) is 2.04. The van der Waals surface area contributed by atoms with Crippen LogP contribution < -0.4 is 5.32 Å². The minimum atomic E-state index is -0.634. The molecule has 0 saturated heterocycles. The summed E-state index contributed by atoms with van der Waals surface area (Å²) in [6.45, 7) is 0. The molecule has 0 rings (SSSR count). The van der Waals surface area contributed by atoms with Crippen LogP contribution >= 0.6 is 0 Å². The Kier molecular flexibility index (Phi) is 4.55. The molecule has 0 aliphatic rings. The number of amides is 1. The van der Waals surface area contributed by atoms with Gasteiger partial charge in [-0.05, 0) is 0 Å². The average molecular weight is 159 g/mol. The summed E-state index contributed by atoms with van der Waals surface area (Å²) in [5.41, 5.74) is 0. The van der Waals surface area contributed by atoms with Crippen molar-refractivity contribution < 1.29 is 19.1 Å². The van der Waals surface area contributed by atoms with E-state index in [4.69, 9.17) is 0 Å². The highest BCUT2D eigenvalue weighted by Crippen LogP contribution is 1.81. The number of carbonyl (C=O) groups is 2. The fourth-order valence-electron chi connectivity index (χ4n) is 0.278. The van der Waals surface area contributed by atoms with Crippen molar-refractivity contribution in [2.24, 2.45) is 0 Å². The zero-order valence-electron chi connectivity index (χ0n) is 6.29. The van der Waals surface area contributed by atoms with Crippen molar-refractivity contribution in [1.29, 1.82) is 0 Å². The summed E-state index contributed by atoms with van der Waals surface area (Å²) in [6.07, 6.45) is 1.31. The number of nitrogens with one attached hydrogen (secondary N) is 1. The highest BCUT2D eigenvalue weighted by Gasteiger charge is 1.94. The quantitative estimate of drug-likeness (QED) is 0.350. The fourth-order valence-corrected chi connectivity index (χ4v) is 0.278. The molecule has 0 fully saturated rings. The maximum atomic E-state index is 10.4. The van der Waals surface area contributed by atoms with Crippen LogP contribution in [0.5, 0.6) is 0 Å². The van der Waals surface area contributed by atoms with Gasteiger partial charge in [0.25, 0.3) is 0 Å². The van der Waals surface area contributed by atoms with Gasteiger partial charge in [-0.15, -0.1) is 0 Å². The smallest absolute Gasteiger partial charge is 0.411 e. The molecule has 0 aromatic rings. The maximum Gasteiger partial charge on any atom is 0.411 e. The van der Waals surface area contributed by atoms with E-state index in [0.717, 1.165) is 12.3 Å². The molecule has 62 valence electrons. The van der Waals surface area contributed by atoms with Crippen molar-refractivity contribution >= 4 is 12.1 Å². The monoisotopic (exact) mass is 159 g/mol. The first-order valence-electron chi connectivity index (χ1n) is 2.83. The highest BCUT2D eigenvalue weighted by molar-refractivity contribution is 5.81. The third-order valence-corrected chi connectivity index (χ3v) is 0.785. The topological polar surface area (TPSA) is 64.6 Å². The molecule has 0 aromatic heterocycles. The predicted molar refractivity (Wildman–Crippen MR) is 36.7 cm³/mol. The lowest BCUT2D eigenvalue weighted by Gasteiger charge is -1.94. The van der Waals surface area contributed by atoms with Crippen molar-refractivity contribution in [3.8, 4) is 0 Å². The molecular formula is C6H9NO4. The summed E-state index contributed by atoms with van der Waals surface area (Å²) in [4.78, 5) is 20.7. The van der Waals surface area contributed by atoms with Crippen LogP contribution in [0.1, 0.15) is 0 Å². The first-order chi connectivity index (χ1) is 5.20. The van der Waals surface area contributed by atoms with Gasteiger partial charge < -0.3 is 14.8 Å². The third kappa shape index (κ3) is 4.95. The van der Waals surface area contributed by atoms with Crippen LogP contribution in [0.4, 0.5) is 4.79 Å². The van der Waals surface area contributed by atoms with Gasteiger partial charge in [-0.2, -0.15) is 0 Å². The number of hydrogen-bond acceptors (Lipinski definition) is 4. The molecule has 1 N–H and O–H groups in total. The second-order valence-electron chi connectivity index (χ2n) is 1.48. The Labute approximate surface area is 64.0 Å². The van der Waals surface area contributed by atoms with Crippen LogP contribution in [-0.2, 0) is 14.3 Å². The number of esters is 1. The Bertz CT molecular complexity index is 175. The summed E-state index contributed by atoms with van der Waals surface area (Å²) >= 11 is 0. The van der Waals surface area contributed by atoms with Gasteiger partial charge in [-0.3, -0.25) is 0 Å². The van der Waals surface area contributed by atoms with Gasteiger partial charge in [0.15, 0.2) is 0 Å². The number of methoxy groups -OCH3 is 1. The van der Waals surface area contributed by atoms with Crippen LogP contribution in [0.25, 0.3) is 0 Å². The molecule has 0 aromatic carbocycles. The Morgan fingerprint density at radius 3 is 2.55 bits per heavy atom. The van der Waals surface area contributed by atoms with Crippen molar-refractivity contribution in [3.05, 3.63) is 12.3 Å². The van der Waals surface area contributed by atoms with Gasteiger partial charge >= 0.3 is 12.1 Å². The summed E-state index contributed by atoms with van der Waals surface area (Å²) in [5, 5.41) is 2.19. The first kappa shape index (κ1) is 9.48. The first-order valence-corrected chi connectivity index (χ1v) is 2.83. The van der Waals surface area contributed by atoms with E-state index in [9.17, 15) is 9.59 Å². The van der Waals surface area contributed by atoms with Crippen LogP contribution in [0.2, 0.25) is 0 Å². The second kappa shape index (κ2) is 5.28. The van der Waals surface area contributed by atoms with E-state index in [1.807, 2.05) is 0 Å². The molecule has 11 heavy (non-hydrogen) atoms. The third-order valence-electron chi connectivity index (χ3n) is 0.785. The molecular weight excluding hydrogens is 150 g/mol. The molecule has 5 nitrogen and oxygen atoms in total. The van der Waals surface area contributed by atoms with E-state index in [-0.39, 0.29) is 0 Å². The van der Waals surface area contributed by atoms with E-state index in [2.05, 4.69) is 14.8 Å². The number of rotatable bonds is 2. The van der Waals surface area contributed by atoms with Crippen LogP contribution in [0, 0.1) is 0 Å². The molecule has 0 heterocycles. The van der Waals surface area contributed by atoms with Gasteiger partial charge in [-0.1, -0.05) is 0 Å². The van der Waals surface area contributed by atoms with Crippen molar-refractivity contribution in [3.63, 3.8) is 0 Å². The van der Waals surface area contributed by atoms with Gasteiger partial charge in [0.2, 0.25) is 0 Å². The summed E-state index contributed by atoms with van der Waals surface area (Å²) in [5.74, 6) is -0.575. The van der Waals surface area contributed by atoms with Crippen molar-refractivity contribution in [2.75, 3.05) is 14.2 Å². The molecule has 5 heteroatoms. The van der Waals surface area contributed by atoms with E-state index in [0.29, 0.717) is 0 Å². The lowest BCUT2D eigenvalue weighted by Crippen LogP contribution is -2.16. The standard InChI is InChI=1S/C6H9NO4/c1-7-6(9)11-4-3-5(8)10-2/h3-4H,1-2H3,(H,7,9). The molecule has 0 aliphatic carbocycles.